The summed E-state index contributed by atoms with van der Waals surface area (Å²) >= 11 is 0. The molecule has 5 nitrogen and oxygen atoms in total. The zero-order valence-electron chi connectivity index (χ0n) is 10.1. The minimum atomic E-state index is -3.21. The first kappa shape index (κ1) is 13.2. The van der Waals surface area contributed by atoms with Crippen molar-refractivity contribution in [3.63, 3.8) is 0 Å². The molecule has 0 amide bonds. The number of benzene rings is 1. The summed E-state index contributed by atoms with van der Waals surface area (Å²) in [6.45, 7) is 0. The maximum absolute atomic E-state index is 11.3. The minimum Gasteiger partial charge on any atom is -0.439 e. The molecule has 0 saturated heterocycles. The van der Waals surface area contributed by atoms with Gasteiger partial charge in [0, 0.05) is 24.1 Å². The molecule has 98 valence electrons. The summed E-state index contributed by atoms with van der Waals surface area (Å²) in [7, 11) is -3.21. The molecule has 0 N–H and O–H groups in total. The van der Waals surface area contributed by atoms with Gasteiger partial charge >= 0.3 is 0 Å². The van der Waals surface area contributed by atoms with Gasteiger partial charge in [-0.1, -0.05) is 0 Å². The van der Waals surface area contributed by atoms with E-state index in [1.165, 1.54) is 18.3 Å². The van der Waals surface area contributed by atoms with Crippen LogP contribution in [-0.4, -0.2) is 25.9 Å². The van der Waals surface area contributed by atoms with Gasteiger partial charge in [-0.3, -0.25) is 4.79 Å². The van der Waals surface area contributed by atoms with Gasteiger partial charge in [0.1, 0.15) is 5.75 Å². The summed E-state index contributed by atoms with van der Waals surface area (Å²) < 4.78 is 28.0. The lowest BCUT2D eigenvalue weighted by Crippen LogP contribution is -1.96. The Morgan fingerprint density at radius 1 is 1.11 bits per heavy atom. The lowest BCUT2D eigenvalue weighted by atomic mass is 10.3. The predicted octanol–water partition coefficient (Wildman–Crippen LogP) is 2.09. The highest BCUT2D eigenvalue weighted by Gasteiger charge is 2.07. The quantitative estimate of drug-likeness (QED) is 0.800. The number of hydrogen-bond donors (Lipinski definition) is 0. The van der Waals surface area contributed by atoms with E-state index in [1.807, 2.05) is 0 Å². The molecular formula is C13H11NO4S. The summed E-state index contributed by atoms with van der Waals surface area (Å²) in [5.41, 5.74) is 0.458. The lowest BCUT2D eigenvalue weighted by molar-refractivity contribution is 0.112. The molecule has 0 fully saturated rings. The number of sulfone groups is 1. The van der Waals surface area contributed by atoms with Gasteiger partial charge in [0.15, 0.2) is 16.1 Å². The van der Waals surface area contributed by atoms with Crippen molar-refractivity contribution in [3.05, 3.63) is 48.2 Å². The van der Waals surface area contributed by atoms with Crippen molar-refractivity contribution in [2.24, 2.45) is 0 Å². The van der Waals surface area contributed by atoms with Gasteiger partial charge in [-0.15, -0.1) is 0 Å². The van der Waals surface area contributed by atoms with E-state index in [2.05, 4.69) is 4.98 Å². The van der Waals surface area contributed by atoms with Gasteiger partial charge in [0.05, 0.1) is 4.90 Å². The Hall–Kier alpha value is -2.21. The number of carbonyl (C=O) groups is 1. The number of rotatable bonds is 4. The Balaban J connectivity index is 2.17. The molecule has 1 heterocycles. The van der Waals surface area contributed by atoms with E-state index in [9.17, 15) is 13.2 Å². The van der Waals surface area contributed by atoms with Gasteiger partial charge in [-0.25, -0.2) is 13.4 Å². The molecule has 1 aromatic carbocycles. The molecule has 19 heavy (non-hydrogen) atoms. The average Bonchev–Trinajstić information content (AvgIpc) is 2.39. The van der Waals surface area contributed by atoms with E-state index in [1.54, 1.807) is 24.3 Å². The second-order valence-electron chi connectivity index (χ2n) is 3.89. The highest BCUT2D eigenvalue weighted by atomic mass is 32.2. The zero-order valence-corrected chi connectivity index (χ0v) is 10.9. The molecule has 0 aliphatic carbocycles. The van der Waals surface area contributed by atoms with Crippen molar-refractivity contribution < 1.29 is 17.9 Å². The highest BCUT2D eigenvalue weighted by molar-refractivity contribution is 7.90. The first-order valence-electron chi connectivity index (χ1n) is 5.38. The molecule has 2 aromatic rings. The first-order valence-corrected chi connectivity index (χ1v) is 7.27. The van der Waals surface area contributed by atoms with Crippen molar-refractivity contribution in [3.8, 4) is 11.6 Å². The predicted molar refractivity (Wildman–Crippen MR) is 69.3 cm³/mol. The molecular weight excluding hydrogens is 266 g/mol. The molecule has 2 rings (SSSR count). The summed E-state index contributed by atoms with van der Waals surface area (Å²) in [4.78, 5) is 14.6. The average molecular weight is 277 g/mol. The molecule has 0 atom stereocenters. The van der Waals surface area contributed by atoms with Crippen LogP contribution in [0.3, 0.4) is 0 Å². The number of aromatic nitrogens is 1. The fraction of sp³-hybridized carbons (Fsp3) is 0.0769. The second kappa shape index (κ2) is 5.19. The van der Waals surface area contributed by atoms with Crippen LogP contribution in [0, 0.1) is 0 Å². The van der Waals surface area contributed by atoms with Crippen LogP contribution in [0.1, 0.15) is 10.4 Å². The van der Waals surface area contributed by atoms with Crippen molar-refractivity contribution >= 4 is 16.1 Å². The van der Waals surface area contributed by atoms with Crippen LogP contribution in [0.5, 0.6) is 11.6 Å². The molecule has 0 spiro atoms. The standard InChI is InChI=1S/C13H11NO4S/c1-19(16,17)12-5-3-11(4-6-12)18-13-7-2-10(9-15)8-14-13/h2-9H,1H3. The van der Waals surface area contributed by atoms with Crippen molar-refractivity contribution in [2.75, 3.05) is 6.26 Å². The van der Waals surface area contributed by atoms with Crippen LogP contribution in [-0.2, 0) is 9.84 Å². The topological polar surface area (TPSA) is 73.3 Å². The minimum absolute atomic E-state index is 0.226. The van der Waals surface area contributed by atoms with E-state index in [-0.39, 0.29) is 4.90 Å². The van der Waals surface area contributed by atoms with Crippen molar-refractivity contribution in [1.29, 1.82) is 0 Å². The third-order valence-corrected chi connectivity index (χ3v) is 3.50. The maximum Gasteiger partial charge on any atom is 0.219 e. The molecule has 6 heteroatoms. The largest absolute Gasteiger partial charge is 0.439 e. The highest BCUT2D eigenvalue weighted by Crippen LogP contribution is 2.21. The molecule has 0 radical (unpaired) electrons. The maximum atomic E-state index is 11.3. The van der Waals surface area contributed by atoms with Gasteiger partial charge < -0.3 is 4.74 Å². The van der Waals surface area contributed by atoms with Crippen LogP contribution in [0.25, 0.3) is 0 Å². The van der Waals surface area contributed by atoms with E-state index in [0.717, 1.165) is 6.26 Å². The Morgan fingerprint density at radius 2 is 1.79 bits per heavy atom. The van der Waals surface area contributed by atoms with E-state index in [4.69, 9.17) is 4.74 Å². The monoisotopic (exact) mass is 277 g/mol. The van der Waals surface area contributed by atoms with Gasteiger partial charge in [0.25, 0.3) is 0 Å². The van der Waals surface area contributed by atoms with Gasteiger partial charge in [-0.2, -0.15) is 0 Å². The third kappa shape index (κ3) is 3.38. The SMILES string of the molecule is CS(=O)(=O)c1ccc(Oc2ccc(C=O)cn2)cc1. The molecule has 0 aliphatic heterocycles. The Kier molecular flexibility index (Phi) is 3.62. The van der Waals surface area contributed by atoms with Crippen LogP contribution in [0.4, 0.5) is 0 Å². The Morgan fingerprint density at radius 3 is 2.26 bits per heavy atom. The number of hydrogen-bond acceptors (Lipinski definition) is 5. The molecule has 1 aromatic heterocycles. The number of nitrogens with zero attached hydrogens (tertiary/aromatic N) is 1. The first-order chi connectivity index (χ1) is 8.99. The summed E-state index contributed by atoms with van der Waals surface area (Å²) in [6, 6.07) is 9.17. The van der Waals surface area contributed by atoms with Crippen molar-refractivity contribution in [1.82, 2.24) is 4.98 Å². The Labute approximate surface area is 110 Å². The number of carbonyl (C=O) groups excluding carboxylic acids is 1. The summed E-state index contributed by atoms with van der Waals surface area (Å²) in [5.74, 6) is 0.802. The summed E-state index contributed by atoms with van der Waals surface area (Å²) in [6.07, 6.45) is 3.23. The Bertz CT molecular complexity index is 676. The van der Waals surface area contributed by atoms with Crippen LogP contribution < -0.4 is 4.74 Å². The second-order valence-corrected chi connectivity index (χ2v) is 5.91. The van der Waals surface area contributed by atoms with E-state index < -0.39 is 9.84 Å². The molecule has 0 unspecified atom stereocenters. The smallest absolute Gasteiger partial charge is 0.219 e. The molecule has 0 aliphatic rings. The van der Waals surface area contributed by atoms with Crippen molar-refractivity contribution in [2.45, 2.75) is 4.90 Å². The number of pyridine rings is 1. The fourth-order valence-corrected chi connectivity index (χ4v) is 2.03. The fourth-order valence-electron chi connectivity index (χ4n) is 1.40. The molecule has 0 bridgehead atoms. The van der Waals surface area contributed by atoms with E-state index >= 15 is 0 Å². The number of ether oxygens (including phenoxy) is 1. The van der Waals surface area contributed by atoms with E-state index in [0.29, 0.717) is 23.5 Å². The normalized spacial score (nSPS) is 11.0. The van der Waals surface area contributed by atoms with Crippen LogP contribution >= 0.6 is 0 Å². The lowest BCUT2D eigenvalue weighted by Gasteiger charge is -2.05. The van der Waals surface area contributed by atoms with Crippen LogP contribution in [0.15, 0.2) is 47.5 Å². The third-order valence-electron chi connectivity index (χ3n) is 2.37. The zero-order chi connectivity index (χ0) is 13.9. The van der Waals surface area contributed by atoms with Crippen LogP contribution in [0.2, 0.25) is 0 Å². The molecule has 0 saturated carbocycles. The summed E-state index contributed by atoms with van der Waals surface area (Å²) in [5, 5.41) is 0. The van der Waals surface area contributed by atoms with Gasteiger partial charge in [-0.05, 0) is 30.3 Å². The number of aldehydes is 1. The van der Waals surface area contributed by atoms with Gasteiger partial charge in [0.2, 0.25) is 5.88 Å².